The SMILES string of the molecule is Cc1cccc(C(=O)Nc2ccc(C(=O)O)c(F)c2)c1I. The molecular formula is C15H11FINO3. The van der Waals surface area contributed by atoms with Gasteiger partial charge in [0, 0.05) is 9.26 Å². The first kappa shape index (κ1) is 15.4. The van der Waals surface area contributed by atoms with Gasteiger partial charge >= 0.3 is 5.97 Å². The summed E-state index contributed by atoms with van der Waals surface area (Å²) in [4.78, 5) is 22.9. The van der Waals surface area contributed by atoms with E-state index in [-0.39, 0.29) is 11.6 Å². The van der Waals surface area contributed by atoms with Crippen LogP contribution in [0.4, 0.5) is 10.1 Å². The van der Waals surface area contributed by atoms with E-state index in [1.54, 1.807) is 12.1 Å². The number of carbonyl (C=O) groups excluding carboxylic acids is 1. The summed E-state index contributed by atoms with van der Waals surface area (Å²) in [5.41, 5.74) is 1.23. The number of carboxylic acid groups (broad SMARTS) is 1. The van der Waals surface area contributed by atoms with Crippen LogP contribution in [0.1, 0.15) is 26.3 Å². The fourth-order valence-corrected chi connectivity index (χ4v) is 2.39. The average molecular weight is 399 g/mol. The van der Waals surface area contributed by atoms with Crippen molar-refractivity contribution in [2.45, 2.75) is 6.92 Å². The number of carboxylic acids is 1. The Bertz CT molecular complexity index is 731. The van der Waals surface area contributed by atoms with Crippen LogP contribution < -0.4 is 5.32 Å². The van der Waals surface area contributed by atoms with Gasteiger partial charge in [-0.2, -0.15) is 0 Å². The Morgan fingerprint density at radius 1 is 1.19 bits per heavy atom. The molecule has 2 aromatic rings. The molecule has 21 heavy (non-hydrogen) atoms. The number of amides is 1. The fourth-order valence-electron chi connectivity index (χ4n) is 1.79. The summed E-state index contributed by atoms with van der Waals surface area (Å²) >= 11 is 2.07. The number of aromatic carboxylic acids is 1. The molecule has 0 aliphatic rings. The molecule has 0 unspecified atom stereocenters. The molecule has 2 rings (SSSR count). The topological polar surface area (TPSA) is 66.4 Å². The normalized spacial score (nSPS) is 10.2. The number of carbonyl (C=O) groups is 2. The largest absolute Gasteiger partial charge is 0.478 e. The highest BCUT2D eigenvalue weighted by atomic mass is 127. The molecule has 0 spiro atoms. The molecule has 0 fully saturated rings. The van der Waals surface area contributed by atoms with Crippen LogP contribution >= 0.6 is 22.6 Å². The van der Waals surface area contributed by atoms with E-state index in [1.807, 2.05) is 13.0 Å². The van der Waals surface area contributed by atoms with E-state index in [0.717, 1.165) is 21.3 Å². The second kappa shape index (κ2) is 6.21. The number of benzene rings is 2. The van der Waals surface area contributed by atoms with Crippen LogP contribution in [-0.2, 0) is 0 Å². The van der Waals surface area contributed by atoms with Crippen molar-refractivity contribution >= 4 is 40.2 Å². The van der Waals surface area contributed by atoms with Gasteiger partial charge in [-0.3, -0.25) is 4.79 Å². The van der Waals surface area contributed by atoms with Gasteiger partial charge in [0.2, 0.25) is 0 Å². The van der Waals surface area contributed by atoms with Crippen molar-refractivity contribution in [3.05, 3.63) is 62.5 Å². The summed E-state index contributed by atoms with van der Waals surface area (Å²) in [6.07, 6.45) is 0. The molecule has 0 heterocycles. The zero-order valence-electron chi connectivity index (χ0n) is 11.0. The van der Waals surface area contributed by atoms with Crippen LogP contribution in [-0.4, -0.2) is 17.0 Å². The third kappa shape index (κ3) is 3.38. The molecule has 4 nitrogen and oxygen atoms in total. The Hall–Kier alpha value is -1.96. The van der Waals surface area contributed by atoms with Crippen molar-refractivity contribution < 1.29 is 19.1 Å². The number of hydrogen-bond acceptors (Lipinski definition) is 2. The zero-order chi connectivity index (χ0) is 15.6. The van der Waals surface area contributed by atoms with E-state index >= 15 is 0 Å². The molecule has 6 heteroatoms. The van der Waals surface area contributed by atoms with E-state index in [1.165, 1.54) is 6.07 Å². The summed E-state index contributed by atoms with van der Waals surface area (Å²) in [5, 5.41) is 11.3. The van der Waals surface area contributed by atoms with Crippen molar-refractivity contribution in [3.8, 4) is 0 Å². The third-order valence-corrected chi connectivity index (χ3v) is 4.33. The van der Waals surface area contributed by atoms with Gasteiger partial charge in [0.25, 0.3) is 5.91 Å². The third-order valence-electron chi connectivity index (χ3n) is 2.89. The summed E-state index contributed by atoms with van der Waals surface area (Å²) in [7, 11) is 0. The van der Waals surface area contributed by atoms with E-state index in [4.69, 9.17) is 5.11 Å². The van der Waals surface area contributed by atoms with Crippen molar-refractivity contribution in [2.75, 3.05) is 5.32 Å². The minimum atomic E-state index is -1.35. The number of anilines is 1. The molecule has 0 radical (unpaired) electrons. The highest BCUT2D eigenvalue weighted by Crippen LogP contribution is 2.19. The van der Waals surface area contributed by atoms with Gasteiger partial charge in [-0.05, 0) is 59.3 Å². The van der Waals surface area contributed by atoms with Crippen molar-refractivity contribution in [1.29, 1.82) is 0 Å². The van der Waals surface area contributed by atoms with Gasteiger partial charge in [-0.1, -0.05) is 12.1 Å². The maximum Gasteiger partial charge on any atom is 0.338 e. The molecule has 0 aromatic heterocycles. The van der Waals surface area contributed by atoms with Crippen LogP contribution in [0.5, 0.6) is 0 Å². The molecule has 108 valence electrons. The van der Waals surface area contributed by atoms with E-state index in [2.05, 4.69) is 27.9 Å². The standard InChI is InChI=1S/C15H11FINO3/c1-8-3-2-4-11(13(8)17)14(19)18-9-5-6-10(15(20)21)12(16)7-9/h2-7H,1H3,(H,18,19)(H,20,21). The lowest BCUT2D eigenvalue weighted by molar-refractivity contribution is 0.0692. The number of aryl methyl sites for hydroxylation is 1. The molecule has 2 N–H and O–H groups in total. The highest BCUT2D eigenvalue weighted by molar-refractivity contribution is 14.1. The first-order chi connectivity index (χ1) is 9.90. The van der Waals surface area contributed by atoms with Crippen LogP contribution in [0.15, 0.2) is 36.4 Å². The molecule has 1 amide bonds. The minimum absolute atomic E-state index is 0.208. The Balaban J connectivity index is 2.26. The predicted molar refractivity (Wildman–Crippen MR) is 85.2 cm³/mol. The molecule has 2 aromatic carbocycles. The lowest BCUT2D eigenvalue weighted by atomic mass is 10.1. The van der Waals surface area contributed by atoms with Crippen molar-refractivity contribution in [1.82, 2.24) is 0 Å². The minimum Gasteiger partial charge on any atom is -0.478 e. The molecule has 0 bridgehead atoms. The Labute approximate surface area is 134 Å². The number of rotatable bonds is 3. The van der Waals surface area contributed by atoms with Gasteiger partial charge in [-0.25, -0.2) is 9.18 Å². The Morgan fingerprint density at radius 2 is 1.90 bits per heavy atom. The smallest absolute Gasteiger partial charge is 0.338 e. The molecule has 0 saturated carbocycles. The number of hydrogen-bond donors (Lipinski definition) is 2. The van der Waals surface area contributed by atoms with E-state index < -0.39 is 17.3 Å². The van der Waals surface area contributed by atoms with Crippen molar-refractivity contribution in [2.24, 2.45) is 0 Å². The van der Waals surface area contributed by atoms with E-state index in [9.17, 15) is 14.0 Å². The lowest BCUT2D eigenvalue weighted by Gasteiger charge is -2.09. The summed E-state index contributed by atoms with van der Waals surface area (Å²) in [5.74, 6) is -2.61. The van der Waals surface area contributed by atoms with Gasteiger partial charge in [0.15, 0.2) is 0 Å². The fraction of sp³-hybridized carbons (Fsp3) is 0.0667. The number of nitrogens with one attached hydrogen (secondary N) is 1. The summed E-state index contributed by atoms with van der Waals surface area (Å²) in [6.45, 7) is 1.89. The summed E-state index contributed by atoms with van der Waals surface area (Å²) in [6, 6.07) is 8.79. The van der Waals surface area contributed by atoms with Crippen LogP contribution in [0.25, 0.3) is 0 Å². The van der Waals surface area contributed by atoms with E-state index in [0.29, 0.717) is 5.56 Å². The van der Waals surface area contributed by atoms with Gasteiger partial charge in [0.05, 0.1) is 11.1 Å². The lowest BCUT2D eigenvalue weighted by Crippen LogP contribution is -2.14. The first-order valence-electron chi connectivity index (χ1n) is 5.99. The van der Waals surface area contributed by atoms with Crippen molar-refractivity contribution in [3.63, 3.8) is 0 Å². The maximum atomic E-state index is 13.6. The molecule has 0 atom stereocenters. The van der Waals surface area contributed by atoms with Crippen LogP contribution in [0.3, 0.4) is 0 Å². The monoisotopic (exact) mass is 399 g/mol. The highest BCUT2D eigenvalue weighted by Gasteiger charge is 2.14. The van der Waals surface area contributed by atoms with Gasteiger partial charge < -0.3 is 10.4 Å². The Kier molecular flexibility index (Phi) is 4.56. The molecule has 0 aliphatic carbocycles. The van der Waals surface area contributed by atoms with Crippen LogP contribution in [0, 0.1) is 16.3 Å². The first-order valence-corrected chi connectivity index (χ1v) is 7.07. The van der Waals surface area contributed by atoms with Crippen LogP contribution in [0.2, 0.25) is 0 Å². The molecular weight excluding hydrogens is 388 g/mol. The quantitative estimate of drug-likeness (QED) is 0.774. The average Bonchev–Trinajstić information content (AvgIpc) is 2.41. The predicted octanol–water partition coefficient (Wildman–Crippen LogP) is 3.69. The van der Waals surface area contributed by atoms with Gasteiger partial charge in [-0.15, -0.1) is 0 Å². The number of halogens is 2. The zero-order valence-corrected chi connectivity index (χ0v) is 13.1. The summed E-state index contributed by atoms with van der Waals surface area (Å²) < 4.78 is 14.4. The van der Waals surface area contributed by atoms with Gasteiger partial charge in [0.1, 0.15) is 5.82 Å². The Morgan fingerprint density at radius 3 is 2.52 bits per heavy atom. The maximum absolute atomic E-state index is 13.6. The molecule has 0 aliphatic heterocycles. The second-order valence-electron chi connectivity index (χ2n) is 4.39. The molecule has 0 saturated heterocycles. The second-order valence-corrected chi connectivity index (χ2v) is 5.47.